The van der Waals surface area contributed by atoms with Gasteiger partial charge >= 0.3 is 5.97 Å². The molecule has 26 heavy (non-hydrogen) atoms. The van der Waals surface area contributed by atoms with Crippen molar-refractivity contribution in [1.82, 2.24) is 4.90 Å². The van der Waals surface area contributed by atoms with Crippen LogP contribution in [0.3, 0.4) is 0 Å². The van der Waals surface area contributed by atoms with Crippen molar-refractivity contribution in [1.29, 1.82) is 0 Å². The number of aliphatic hydroxyl groups excluding tert-OH is 1. The average molecular weight is 363 g/mol. The Bertz CT molecular complexity index is 589. The fourth-order valence-corrected chi connectivity index (χ4v) is 3.20. The maximum absolute atomic E-state index is 12.7. The molecular formula is C20H29NO5. The lowest BCUT2D eigenvalue weighted by atomic mass is 10.0. The molecule has 1 aromatic carbocycles. The number of carbonyl (C=O) groups is 2. The first kappa shape index (κ1) is 20.4. The molecule has 144 valence electrons. The fraction of sp³-hybridized carbons (Fsp3) is 0.600. The second-order valence-corrected chi connectivity index (χ2v) is 7.17. The molecule has 1 fully saturated rings. The number of benzene rings is 1. The minimum absolute atomic E-state index is 0.166. The molecule has 0 bridgehead atoms. The van der Waals surface area contributed by atoms with Crippen LogP contribution in [-0.2, 0) is 25.7 Å². The molecule has 6 heteroatoms. The summed E-state index contributed by atoms with van der Waals surface area (Å²) in [5.74, 6) is -0.651. The Morgan fingerprint density at radius 1 is 1.31 bits per heavy atom. The quantitative estimate of drug-likeness (QED) is 0.751. The van der Waals surface area contributed by atoms with Gasteiger partial charge < -0.3 is 19.5 Å². The van der Waals surface area contributed by atoms with Crippen LogP contribution < -0.4 is 0 Å². The van der Waals surface area contributed by atoms with Crippen molar-refractivity contribution in [3.05, 3.63) is 35.9 Å². The number of ether oxygens (including phenoxy) is 2. The third-order valence-electron chi connectivity index (χ3n) is 4.65. The van der Waals surface area contributed by atoms with E-state index >= 15 is 0 Å². The van der Waals surface area contributed by atoms with Crippen LogP contribution in [0.5, 0.6) is 0 Å². The summed E-state index contributed by atoms with van der Waals surface area (Å²) in [4.78, 5) is 26.8. The van der Waals surface area contributed by atoms with Crippen molar-refractivity contribution >= 4 is 11.9 Å². The van der Waals surface area contributed by atoms with Gasteiger partial charge in [0.15, 0.2) is 0 Å². The molecule has 0 radical (unpaired) electrons. The van der Waals surface area contributed by atoms with Gasteiger partial charge in [-0.25, -0.2) is 4.79 Å². The summed E-state index contributed by atoms with van der Waals surface area (Å²) >= 11 is 0. The van der Waals surface area contributed by atoms with Crippen LogP contribution in [0.4, 0.5) is 0 Å². The van der Waals surface area contributed by atoms with E-state index in [0.29, 0.717) is 19.4 Å². The highest BCUT2D eigenvalue weighted by atomic mass is 16.5. The van der Waals surface area contributed by atoms with Gasteiger partial charge in [0.05, 0.1) is 6.10 Å². The van der Waals surface area contributed by atoms with Crippen LogP contribution in [0.25, 0.3) is 0 Å². The number of nitrogens with zero attached hydrogens (tertiary/aromatic N) is 1. The number of hydrogen-bond acceptors (Lipinski definition) is 5. The molecule has 2 rings (SSSR count). The lowest BCUT2D eigenvalue weighted by Gasteiger charge is -2.31. The van der Waals surface area contributed by atoms with Crippen molar-refractivity contribution < 1.29 is 24.2 Å². The minimum Gasteiger partial charge on any atom is -0.459 e. The summed E-state index contributed by atoms with van der Waals surface area (Å²) in [6, 6.07) is 8.74. The monoisotopic (exact) mass is 363 g/mol. The van der Waals surface area contributed by atoms with Crippen molar-refractivity contribution in [3.8, 4) is 0 Å². The number of esters is 1. The standard InChI is InChI=1S/C20H29NO5/c1-14(2)11-17(20(24)26-13-15-7-5-4-6-8-15)21-10-9-16(25-3)12-18(22)19(21)23/h4-8,14,16-18,22H,9-13H2,1-3H3/t16?,17-,18+/m0/s1. The Morgan fingerprint density at radius 2 is 2.00 bits per heavy atom. The van der Waals surface area contributed by atoms with Crippen LogP contribution >= 0.6 is 0 Å². The normalized spacial score (nSPS) is 22.2. The third-order valence-corrected chi connectivity index (χ3v) is 4.65. The number of likely N-dealkylation sites (tertiary alicyclic amines) is 1. The summed E-state index contributed by atoms with van der Waals surface area (Å²) in [7, 11) is 1.57. The van der Waals surface area contributed by atoms with Crippen molar-refractivity contribution in [2.45, 2.75) is 58.0 Å². The van der Waals surface area contributed by atoms with E-state index in [0.717, 1.165) is 5.56 Å². The first-order valence-corrected chi connectivity index (χ1v) is 9.14. The average Bonchev–Trinajstić information content (AvgIpc) is 2.77. The van der Waals surface area contributed by atoms with Crippen LogP contribution in [0.2, 0.25) is 0 Å². The highest BCUT2D eigenvalue weighted by Crippen LogP contribution is 2.22. The smallest absolute Gasteiger partial charge is 0.329 e. The second-order valence-electron chi connectivity index (χ2n) is 7.17. The van der Waals surface area contributed by atoms with Crippen LogP contribution in [0, 0.1) is 5.92 Å². The SMILES string of the molecule is COC1CCN([C@@H](CC(C)C)C(=O)OCc2ccccc2)C(=O)[C@H](O)C1. The Hall–Kier alpha value is -1.92. The Morgan fingerprint density at radius 3 is 2.62 bits per heavy atom. The number of hydrogen-bond donors (Lipinski definition) is 1. The number of rotatable bonds is 7. The molecule has 0 aliphatic carbocycles. The predicted molar refractivity (Wildman–Crippen MR) is 97.2 cm³/mol. The molecule has 1 N–H and O–H groups in total. The van der Waals surface area contributed by atoms with Gasteiger partial charge in [-0.3, -0.25) is 4.79 Å². The molecule has 0 aromatic heterocycles. The van der Waals surface area contributed by atoms with E-state index in [-0.39, 0.29) is 25.0 Å². The maximum Gasteiger partial charge on any atom is 0.329 e. The van der Waals surface area contributed by atoms with Crippen molar-refractivity contribution in [2.24, 2.45) is 5.92 Å². The van der Waals surface area contributed by atoms with Gasteiger partial charge in [0, 0.05) is 20.1 Å². The molecule has 0 spiro atoms. The van der Waals surface area contributed by atoms with Crippen LogP contribution in [-0.4, -0.2) is 53.8 Å². The Labute approximate surface area is 155 Å². The predicted octanol–water partition coefficient (Wildman–Crippen LogP) is 2.14. The zero-order valence-corrected chi connectivity index (χ0v) is 15.8. The molecule has 1 aliphatic heterocycles. The minimum atomic E-state index is -1.15. The van der Waals surface area contributed by atoms with Gasteiger partial charge in [0.2, 0.25) is 0 Å². The highest BCUT2D eigenvalue weighted by molar-refractivity contribution is 5.87. The van der Waals surface area contributed by atoms with E-state index in [9.17, 15) is 14.7 Å². The highest BCUT2D eigenvalue weighted by Gasteiger charge is 2.37. The maximum atomic E-state index is 12.7. The third kappa shape index (κ3) is 5.54. The molecule has 1 saturated heterocycles. The van der Waals surface area contributed by atoms with E-state index in [2.05, 4.69) is 0 Å². The first-order valence-electron chi connectivity index (χ1n) is 9.14. The molecule has 1 aromatic rings. The first-order chi connectivity index (χ1) is 12.4. The number of aliphatic hydroxyl groups is 1. The van der Waals surface area contributed by atoms with Crippen LogP contribution in [0.15, 0.2) is 30.3 Å². The molecule has 1 amide bonds. The number of methoxy groups -OCH3 is 1. The summed E-state index contributed by atoms with van der Waals surface area (Å²) in [5.41, 5.74) is 0.894. The summed E-state index contributed by atoms with van der Waals surface area (Å²) < 4.78 is 10.8. The number of amides is 1. The van der Waals surface area contributed by atoms with Gasteiger partial charge in [-0.1, -0.05) is 44.2 Å². The van der Waals surface area contributed by atoms with Gasteiger partial charge in [0.25, 0.3) is 5.91 Å². The topological polar surface area (TPSA) is 76.1 Å². The van der Waals surface area contributed by atoms with Gasteiger partial charge in [-0.2, -0.15) is 0 Å². The molecule has 6 nitrogen and oxygen atoms in total. The summed E-state index contributed by atoms with van der Waals surface area (Å²) in [6.07, 6.45) is -0.0267. The van der Waals surface area contributed by atoms with Crippen molar-refractivity contribution in [3.63, 3.8) is 0 Å². The van der Waals surface area contributed by atoms with Gasteiger partial charge in [-0.15, -0.1) is 0 Å². The van der Waals surface area contributed by atoms with E-state index in [1.165, 1.54) is 4.90 Å². The summed E-state index contributed by atoms with van der Waals surface area (Å²) in [5, 5.41) is 10.2. The molecule has 0 saturated carbocycles. The van der Waals surface area contributed by atoms with E-state index in [1.54, 1.807) is 7.11 Å². The second kappa shape index (κ2) is 9.69. The Kier molecular flexibility index (Phi) is 7.60. The van der Waals surface area contributed by atoms with Crippen LogP contribution in [0.1, 0.15) is 38.7 Å². The molecule has 1 heterocycles. The van der Waals surface area contributed by atoms with E-state index < -0.39 is 24.0 Å². The zero-order chi connectivity index (χ0) is 19.1. The fourth-order valence-electron chi connectivity index (χ4n) is 3.20. The number of carbonyl (C=O) groups excluding carboxylic acids is 2. The molecular weight excluding hydrogens is 334 g/mol. The lowest BCUT2D eigenvalue weighted by molar-refractivity contribution is -0.159. The van der Waals surface area contributed by atoms with Gasteiger partial charge in [-0.05, 0) is 24.3 Å². The largest absolute Gasteiger partial charge is 0.459 e. The Balaban J connectivity index is 2.11. The van der Waals surface area contributed by atoms with E-state index in [1.807, 2.05) is 44.2 Å². The van der Waals surface area contributed by atoms with Crippen molar-refractivity contribution in [2.75, 3.05) is 13.7 Å². The van der Waals surface area contributed by atoms with Gasteiger partial charge in [0.1, 0.15) is 18.8 Å². The molecule has 1 aliphatic rings. The summed E-state index contributed by atoms with van der Waals surface area (Å²) in [6.45, 7) is 4.52. The lowest BCUT2D eigenvalue weighted by Crippen LogP contribution is -2.49. The molecule has 3 atom stereocenters. The van der Waals surface area contributed by atoms with E-state index in [4.69, 9.17) is 9.47 Å². The molecule has 1 unspecified atom stereocenters. The zero-order valence-electron chi connectivity index (χ0n) is 15.8.